The summed E-state index contributed by atoms with van der Waals surface area (Å²) in [7, 11) is 0. The minimum atomic E-state index is 0.227. The largest absolute Gasteiger partial charge is 0.396 e. The molecule has 112 valence electrons. The van der Waals surface area contributed by atoms with E-state index in [9.17, 15) is 0 Å². The molecule has 2 aromatic rings. The van der Waals surface area contributed by atoms with Crippen molar-refractivity contribution in [2.24, 2.45) is 0 Å². The summed E-state index contributed by atoms with van der Waals surface area (Å²) >= 11 is 0. The predicted octanol–water partition coefficient (Wildman–Crippen LogP) is 2.47. The molecule has 5 heteroatoms. The highest BCUT2D eigenvalue weighted by Gasteiger charge is 2.25. The molecule has 1 aliphatic rings. The highest BCUT2D eigenvalue weighted by atomic mass is 16.5. The van der Waals surface area contributed by atoms with Crippen molar-refractivity contribution in [2.45, 2.75) is 38.3 Å². The molecular formula is C16H21N3O2. The van der Waals surface area contributed by atoms with Crippen LogP contribution in [0.2, 0.25) is 0 Å². The van der Waals surface area contributed by atoms with Crippen molar-refractivity contribution in [1.29, 1.82) is 0 Å². The molecule has 0 saturated heterocycles. The first kappa shape index (κ1) is 14.2. The number of hydrogen-bond acceptors (Lipinski definition) is 5. The number of nitrogens with zero attached hydrogens (tertiary/aromatic N) is 3. The first-order chi connectivity index (χ1) is 10.4. The van der Waals surface area contributed by atoms with Gasteiger partial charge < -0.3 is 9.63 Å². The highest BCUT2D eigenvalue weighted by molar-refractivity contribution is 5.51. The quantitative estimate of drug-likeness (QED) is 0.847. The van der Waals surface area contributed by atoms with Gasteiger partial charge in [-0.1, -0.05) is 29.8 Å². The van der Waals surface area contributed by atoms with Crippen LogP contribution in [0.15, 0.2) is 34.9 Å². The van der Waals surface area contributed by atoms with Gasteiger partial charge in [0.1, 0.15) is 0 Å². The molecule has 0 amide bonds. The molecule has 1 heterocycles. The van der Waals surface area contributed by atoms with E-state index in [0.29, 0.717) is 18.5 Å². The minimum absolute atomic E-state index is 0.227. The monoisotopic (exact) mass is 287 g/mol. The van der Waals surface area contributed by atoms with Gasteiger partial charge in [0.15, 0.2) is 5.82 Å². The van der Waals surface area contributed by atoms with Crippen molar-refractivity contribution in [3.8, 4) is 11.5 Å². The first-order valence-corrected chi connectivity index (χ1v) is 7.60. The molecule has 1 aromatic heterocycles. The molecule has 0 radical (unpaired) electrons. The second kappa shape index (κ2) is 6.83. The fourth-order valence-corrected chi connectivity index (χ4v) is 2.61. The zero-order chi connectivity index (χ0) is 14.5. The fraction of sp³-hybridized carbons (Fsp3) is 0.500. The summed E-state index contributed by atoms with van der Waals surface area (Å²) in [5, 5.41) is 13.1. The normalized spacial score (nSPS) is 15.3. The van der Waals surface area contributed by atoms with Crippen LogP contribution in [-0.2, 0) is 6.54 Å². The lowest BCUT2D eigenvalue weighted by atomic mass is 9.91. The molecular weight excluding hydrogens is 266 g/mol. The summed E-state index contributed by atoms with van der Waals surface area (Å²) in [4.78, 5) is 6.85. The molecule has 1 fully saturated rings. The molecule has 3 rings (SSSR count). The molecule has 0 spiro atoms. The average Bonchev–Trinajstić information content (AvgIpc) is 2.92. The van der Waals surface area contributed by atoms with Gasteiger partial charge in [-0.25, -0.2) is 0 Å². The number of rotatable bonds is 7. The van der Waals surface area contributed by atoms with Crippen LogP contribution < -0.4 is 0 Å². The number of aliphatic hydroxyl groups excluding tert-OH is 1. The van der Waals surface area contributed by atoms with Gasteiger partial charge in [0.05, 0.1) is 6.54 Å². The Morgan fingerprint density at radius 3 is 2.71 bits per heavy atom. The maximum atomic E-state index is 9.03. The van der Waals surface area contributed by atoms with E-state index in [1.807, 2.05) is 30.3 Å². The van der Waals surface area contributed by atoms with E-state index in [2.05, 4.69) is 15.0 Å². The molecule has 1 aliphatic carbocycles. The molecule has 0 atom stereocenters. The Kier molecular flexibility index (Phi) is 4.62. The number of aliphatic hydroxyl groups is 1. The van der Waals surface area contributed by atoms with E-state index in [1.54, 1.807) is 0 Å². The van der Waals surface area contributed by atoms with E-state index in [4.69, 9.17) is 9.63 Å². The van der Waals surface area contributed by atoms with E-state index in [-0.39, 0.29) is 6.61 Å². The molecule has 1 saturated carbocycles. The van der Waals surface area contributed by atoms with Crippen molar-refractivity contribution in [2.75, 3.05) is 13.2 Å². The Balaban J connectivity index is 1.67. The number of hydrogen-bond donors (Lipinski definition) is 1. The average molecular weight is 287 g/mol. The summed E-state index contributed by atoms with van der Waals surface area (Å²) < 4.78 is 5.35. The Labute approximate surface area is 124 Å². The fourth-order valence-electron chi connectivity index (χ4n) is 2.61. The topological polar surface area (TPSA) is 62.4 Å². The third-order valence-electron chi connectivity index (χ3n) is 4.03. The van der Waals surface area contributed by atoms with Gasteiger partial charge in [0.25, 0.3) is 5.89 Å². The summed E-state index contributed by atoms with van der Waals surface area (Å²) in [6.45, 7) is 1.81. The Morgan fingerprint density at radius 1 is 1.24 bits per heavy atom. The second-order valence-electron chi connectivity index (χ2n) is 5.51. The Bertz CT molecular complexity index is 552. The molecule has 21 heavy (non-hydrogen) atoms. The zero-order valence-corrected chi connectivity index (χ0v) is 12.1. The van der Waals surface area contributed by atoms with E-state index in [1.165, 1.54) is 19.3 Å². The van der Waals surface area contributed by atoms with Crippen LogP contribution in [0.25, 0.3) is 11.5 Å². The van der Waals surface area contributed by atoms with E-state index >= 15 is 0 Å². The standard InChI is InChI=1S/C16H21N3O2/c20-11-5-10-19(14-8-4-9-14)12-15-17-16(21-18-15)13-6-2-1-3-7-13/h1-3,6-7,14,20H,4-5,8-12H2. The van der Waals surface area contributed by atoms with Gasteiger partial charge in [0, 0.05) is 24.8 Å². The second-order valence-corrected chi connectivity index (χ2v) is 5.51. The molecule has 0 unspecified atom stereocenters. The van der Waals surface area contributed by atoms with E-state index < -0.39 is 0 Å². The first-order valence-electron chi connectivity index (χ1n) is 7.60. The van der Waals surface area contributed by atoms with Crippen LogP contribution in [0.5, 0.6) is 0 Å². The van der Waals surface area contributed by atoms with Crippen molar-refractivity contribution >= 4 is 0 Å². The summed E-state index contributed by atoms with van der Waals surface area (Å²) in [5.41, 5.74) is 0.946. The van der Waals surface area contributed by atoms with Crippen LogP contribution in [-0.4, -0.2) is 39.3 Å². The van der Waals surface area contributed by atoms with Crippen molar-refractivity contribution in [3.63, 3.8) is 0 Å². The maximum absolute atomic E-state index is 9.03. The van der Waals surface area contributed by atoms with Gasteiger partial charge in [-0.3, -0.25) is 4.90 Å². The van der Waals surface area contributed by atoms with Crippen molar-refractivity contribution in [1.82, 2.24) is 15.0 Å². The summed E-state index contributed by atoms with van der Waals surface area (Å²) in [6.07, 6.45) is 4.55. The predicted molar refractivity (Wildman–Crippen MR) is 79.5 cm³/mol. The Hall–Kier alpha value is -1.72. The van der Waals surface area contributed by atoms with Crippen molar-refractivity contribution in [3.05, 3.63) is 36.2 Å². The maximum Gasteiger partial charge on any atom is 0.257 e. The molecule has 1 aromatic carbocycles. The van der Waals surface area contributed by atoms with Gasteiger partial charge >= 0.3 is 0 Å². The third-order valence-corrected chi connectivity index (χ3v) is 4.03. The smallest absolute Gasteiger partial charge is 0.257 e. The van der Waals surface area contributed by atoms with Crippen LogP contribution in [0.1, 0.15) is 31.5 Å². The van der Waals surface area contributed by atoms with Crippen LogP contribution >= 0.6 is 0 Å². The van der Waals surface area contributed by atoms with Crippen LogP contribution in [0.4, 0.5) is 0 Å². The van der Waals surface area contributed by atoms with Crippen LogP contribution in [0, 0.1) is 0 Å². The van der Waals surface area contributed by atoms with Crippen molar-refractivity contribution < 1.29 is 9.63 Å². The van der Waals surface area contributed by atoms with Crippen LogP contribution in [0.3, 0.4) is 0 Å². The lowest BCUT2D eigenvalue weighted by Gasteiger charge is -2.36. The highest BCUT2D eigenvalue weighted by Crippen LogP contribution is 2.26. The zero-order valence-electron chi connectivity index (χ0n) is 12.1. The molecule has 0 bridgehead atoms. The number of benzene rings is 1. The summed E-state index contributed by atoms with van der Waals surface area (Å²) in [6, 6.07) is 10.4. The third kappa shape index (κ3) is 3.49. The van der Waals surface area contributed by atoms with E-state index in [0.717, 1.165) is 24.4 Å². The lowest BCUT2D eigenvalue weighted by molar-refractivity contribution is 0.105. The number of aromatic nitrogens is 2. The summed E-state index contributed by atoms with van der Waals surface area (Å²) in [5.74, 6) is 1.29. The van der Waals surface area contributed by atoms with Gasteiger partial charge in [-0.05, 0) is 31.4 Å². The SMILES string of the molecule is OCCCN(Cc1noc(-c2ccccc2)n1)C1CCC1. The minimum Gasteiger partial charge on any atom is -0.396 e. The van der Waals surface area contributed by atoms with Gasteiger partial charge in [0.2, 0.25) is 0 Å². The van der Waals surface area contributed by atoms with Gasteiger partial charge in [-0.15, -0.1) is 0 Å². The molecule has 0 aliphatic heterocycles. The lowest BCUT2D eigenvalue weighted by Crippen LogP contribution is -2.40. The Morgan fingerprint density at radius 2 is 2.05 bits per heavy atom. The van der Waals surface area contributed by atoms with Gasteiger partial charge in [-0.2, -0.15) is 4.98 Å². The molecule has 1 N–H and O–H groups in total. The molecule has 5 nitrogen and oxygen atoms in total.